The number of carbonyl (C=O) groups is 2. The van der Waals surface area contributed by atoms with Gasteiger partial charge in [-0.2, -0.15) is 0 Å². The van der Waals surface area contributed by atoms with Crippen LogP contribution in [0.4, 0.5) is 0 Å². The van der Waals surface area contributed by atoms with Gasteiger partial charge in [0.25, 0.3) is 11.8 Å². The Hall–Kier alpha value is -2.92. The van der Waals surface area contributed by atoms with Crippen molar-refractivity contribution in [2.24, 2.45) is 0 Å². The monoisotopic (exact) mass is 296 g/mol. The molecule has 112 valence electrons. The topological polar surface area (TPSA) is 67.4 Å². The van der Waals surface area contributed by atoms with Crippen molar-refractivity contribution in [3.63, 3.8) is 0 Å². The lowest BCUT2D eigenvalue weighted by molar-refractivity contribution is -0.127. The Labute approximate surface area is 128 Å². The van der Waals surface area contributed by atoms with Crippen LogP contribution in [0.5, 0.6) is 0 Å². The Balaban J connectivity index is 2.24. The molecular weight excluding hydrogens is 280 g/mol. The van der Waals surface area contributed by atoms with Crippen molar-refractivity contribution < 1.29 is 14.4 Å². The van der Waals surface area contributed by atoms with E-state index in [1.54, 1.807) is 30.3 Å². The molecule has 22 heavy (non-hydrogen) atoms. The Morgan fingerprint density at radius 2 is 1.55 bits per heavy atom. The first kappa shape index (κ1) is 15.5. The summed E-state index contributed by atoms with van der Waals surface area (Å²) in [5, 5.41) is 2.60. The lowest BCUT2D eigenvalue weighted by atomic mass is 10.1. The molecule has 0 fully saturated rings. The molecule has 5 heteroatoms. The van der Waals surface area contributed by atoms with E-state index < -0.39 is 5.91 Å². The second-order valence-corrected chi connectivity index (χ2v) is 4.42. The standard InChI is InChI=1S/C17H16N2O3/c1-22-19-17(21)15(12-13-8-4-2-5-9-13)18-16(20)14-10-6-3-7-11-14/h2-12H,1H3,(H,18,20)(H,19,21). The van der Waals surface area contributed by atoms with Crippen molar-refractivity contribution in [2.75, 3.05) is 7.11 Å². The van der Waals surface area contributed by atoms with Crippen molar-refractivity contribution in [1.82, 2.24) is 10.8 Å². The van der Waals surface area contributed by atoms with Gasteiger partial charge in [0, 0.05) is 5.56 Å². The SMILES string of the molecule is CONC(=O)C(=Cc1ccccc1)NC(=O)c1ccccc1. The fourth-order valence-electron chi connectivity index (χ4n) is 1.81. The van der Waals surface area contributed by atoms with Gasteiger partial charge in [-0.15, -0.1) is 0 Å². The molecule has 0 bridgehead atoms. The van der Waals surface area contributed by atoms with Crippen LogP contribution in [0.3, 0.4) is 0 Å². The summed E-state index contributed by atoms with van der Waals surface area (Å²) in [6, 6.07) is 17.9. The molecule has 2 N–H and O–H groups in total. The number of benzene rings is 2. The van der Waals surface area contributed by atoms with E-state index in [2.05, 4.69) is 15.6 Å². The molecule has 2 rings (SSSR count). The Kier molecular flexibility index (Phi) is 5.45. The molecular formula is C17H16N2O3. The zero-order valence-electron chi connectivity index (χ0n) is 12.1. The fraction of sp³-hybridized carbons (Fsp3) is 0.0588. The van der Waals surface area contributed by atoms with Gasteiger partial charge in [-0.1, -0.05) is 48.5 Å². The van der Waals surface area contributed by atoms with E-state index in [9.17, 15) is 9.59 Å². The van der Waals surface area contributed by atoms with Gasteiger partial charge in [-0.05, 0) is 23.8 Å². The maximum Gasteiger partial charge on any atom is 0.291 e. The van der Waals surface area contributed by atoms with Gasteiger partial charge < -0.3 is 5.32 Å². The van der Waals surface area contributed by atoms with Crippen molar-refractivity contribution >= 4 is 17.9 Å². The quantitative estimate of drug-likeness (QED) is 0.656. The van der Waals surface area contributed by atoms with Gasteiger partial charge in [0.2, 0.25) is 0 Å². The molecule has 5 nitrogen and oxygen atoms in total. The number of nitrogens with one attached hydrogen (secondary N) is 2. The zero-order valence-corrected chi connectivity index (χ0v) is 12.1. The highest BCUT2D eigenvalue weighted by atomic mass is 16.6. The van der Waals surface area contributed by atoms with Crippen LogP contribution in [0, 0.1) is 0 Å². The van der Waals surface area contributed by atoms with Gasteiger partial charge in [-0.25, -0.2) is 5.48 Å². The van der Waals surface area contributed by atoms with Gasteiger partial charge in [-0.3, -0.25) is 14.4 Å². The molecule has 2 aromatic carbocycles. The predicted molar refractivity (Wildman–Crippen MR) is 83.5 cm³/mol. The number of amides is 2. The van der Waals surface area contributed by atoms with Crippen LogP contribution in [-0.4, -0.2) is 18.9 Å². The van der Waals surface area contributed by atoms with E-state index in [-0.39, 0.29) is 11.6 Å². The number of hydroxylamine groups is 1. The maximum atomic E-state index is 12.2. The summed E-state index contributed by atoms with van der Waals surface area (Å²) < 4.78 is 0. The highest BCUT2D eigenvalue weighted by Crippen LogP contribution is 2.07. The summed E-state index contributed by atoms with van der Waals surface area (Å²) in [6.07, 6.45) is 1.58. The summed E-state index contributed by atoms with van der Waals surface area (Å²) >= 11 is 0. The van der Waals surface area contributed by atoms with Crippen LogP contribution in [0.1, 0.15) is 15.9 Å². The largest absolute Gasteiger partial charge is 0.317 e. The number of hydrogen-bond donors (Lipinski definition) is 2. The highest BCUT2D eigenvalue weighted by molar-refractivity contribution is 6.04. The molecule has 2 aromatic rings. The molecule has 0 heterocycles. The van der Waals surface area contributed by atoms with Crippen LogP contribution >= 0.6 is 0 Å². The van der Waals surface area contributed by atoms with Gasteiger partial charge in [0.05, 0.1) is 7.11 Å². The van der Waals surface area contributed by atoms with Crippen LogP contribution in [0.2, 0.25) is 0 Å². The predicted octanol–water partition coefficient (Wildman–Crippen LogP) is 2.14. The maximum absolute atomic E-state index is 12.2. The van der Waals surface area contributed by atoms with Crippen LogP contribution in [0.25, 0.3) is 6.08 Å². The normalized spacial score (nSPS) is 10.9. The lowest BCUT2D eigenvalue weighted by Gasteiger charge is -2.09. The van der Waals surface area contributed by atoms with E-state index in [0.29, 0.717) is 5.56 Å². The van der Waals surface area contributed by atoms with Crippen LogP contribution in [0.15, 0.2) is 66.4 Å². The molecule has 0 atom stereocenters. The summed E-state index contributed by atoms with van der Waals surface area (Å²) in [4.78, 5) is 28.8. The van der Waals surface area contributed by atoms with Crippen molar-refractivity contribution in [3.8, 4) is 0 Å². The van der Waals surface area contributed by atoms with Crippen LogP contribution < -0.4 is 10.8 Å². The molecule has 0 saturated heterocycles. The Morgan fingerprint density at radius 3 is 2.14 bits per heavy atom. The first-order valence-corrected chi connectivity index (χ1v) is 6.67. The van der Waals surface area contributed by atoms with Crippen molar-refractivity contribution in [1.29, 1.82) is 0 Å². The van der Waals surface area contributed by atoms with Gasteiger partial charge >= 0.3 is 0 Å². The smallest absolute Gasteiger partial charge is 0.291 e. The summed E-state index contributed by atoms with van der Waals surface area (Å²) in [6.45, 7) is 0. The third-order valence-electron chi connectivity index (χ3n) is 2.83. The van der Waals surface area contributed by atoms with Crippen molar-refractivity contribution in [2.45, 2.75) is 0 Å². The number of rotatable bonds is 5. The highest BCUT2D eigenvalue weighted by Gasteiger charge is 2.14. The first-order valence-electron chi connectivity index (χ1n) is 6.67. The van der Waals surface area contributed by atoms with E-state index in [1.807, 2.05) is 36.4 Å². The third-order valence-corrected chi connectivity index (χ3v) is 2.83. The van der Waals surface area contributed by atoms with E-state index in [0.717, 1.165) is 5.56 Å². The second-order valence-electron chi connectivity index (χ2n) is 4.42. The lowest BCUT2D eigenvalue weighted by Crippen LogP contribution is -2.34. The molecule has 0 aliphatic rings. The average molecular weight is 296 g/mol. The summed E-state index contributed by atoms with van der Waals surface area (Å²) in [5.74, 6) is -0.898. The second kappa shape index (κ2) is 7.75. The van der Waals surface area contributed by atoms with Crippen LogP contribution in [-0.2, 0) is 9.63 Å². The van der Waals surface area contributed by atoms with Crippen molar-refractivity contribution in [3.05, 3.63) is 77.5 Å². The molecule has 0 spiro atoms. The van der Waals surface area contributed by atoms with Gasteiger partial charge in [0.1, 0.15) is 5.70 Å². The molecule has 0 aromatic heterocycles. The average Bonchev–Trinajstić information content (AvgIpc) is 2.56. The Morgan fingerprint density at radius 1 is 0.955 bits per heavy atom. The molecule has 0 radical (unpaired) electrons. The third kappa shape index (κ3) is 4.29. The molecule has 2 amide bonds. The first-order chi connectivity index (χ1) is 10.7. The minimum absolute atomic E-state index is 0.0990. The van der Waals surface area contributed by atoms with Gasteiger partial charge in [0.15, 0.2) is 0 Å². The van der Waals surface area contributed by atoms with E-state index in [1.165, 1.54) is 7.11 Å². The van der Waals surface area contributed by atoms with E-state index in [4.69, 9.17) is 0 Å². The molecule has 0 aliphatic carbocycles. The summed E-state index contributed by atoms with van der Waals surface area (Å²) in [5.41, 5.74) is 3.55. The Bertz CT molecular complexity index is 667. The molecule has 0 unspecified atom stereocenters. The minimum Gasteiger partial charge on any atom is -0.317 e. The minimum atomic E-state index is -0.532. The number of carbonyl (C=O) groups excluding carboxylic acids is 2. The summed E-state index contributed by atoms with van der Waals surface area (Å²) in [7, 11) is 1.33. The molecule has 0 saturated carbocycles. The zero-order chi connectivity index (χ0) is 15.8. The number of hydrogen-bond acceptors (Lipinski definition) is 3. The fourth-order valence-corrected chi connectivity index (χ4v) is 1.81. The van der Waals surface area contributed by atoms with E-state index >= 15 is 0 Å². The molecule has 0 aliphatic heterocycles.